The van der Waals surface area contributed by atoms with Crippen LogP contribution in [0.3, 0.4) is 0 Å². The Morgan fingerprint density at radius 1 is 0.577 bits per heavy atom. The SMILES string of the molecule is CC(=O)c1ccc(N2C(=O)[C@@H]3[C@H](C2=O)[C@@]2(c4ccccc4)C(=O)[C@@]3(c3ccccc3)C(c3ccc4c(c3)OCO4)=C2c2ccc3c(c2)OCO3)cc1. The first-order valence-electron chi connectivity index (χ1n) is 17.1. The Morgan fingerprint density at radius 2 is 1.02 bits per heavy atom. The fourth-order valence-electron chi connectivity index (χ4n) is 9.33. The molecule has 0 aromatic heterocycles. The summed E-state index contributed by atoms with van der Waals surface area (Å²) in [7, 11) is 0. The van der Waals surface area contributed by atoms with E-state index in [1.54, 1.807) is 24.3 Å². The van der Waals surface area contributed by atoms with E-state index in [0.29, 0.717) is 67.6 Å². The quantitative estimate of drug-likeness (QED) is 0.146. The number of rotatable bonds is 6. The fourth-order valence-corrected chi connectivity index (χ4v) is 9.33. The summed E-state index contributed by atoms with van der Waals surface area (Å²) in [6, 6.07) is 36.2. The number of nitrogens with zero attached hydrogens (tertiary/aromatic N) is 1. The number of hydrogen-bond acceptors (Lipinski definition) is 8. The Labute approximate surface area is 298 Å². The summed E-state index contributed by atoms with van der Waals surface area (Å²) >= 11 is 0. The first kappa shape index (κ1) is 30.4. The van der Waals surface area contributed by atoms with Crippen molar-refractivity contribution >= 4 is 40.2 Å². The van der Waals surface area contributed by atoms with Gasteiger partial charge in [0.05, 0.1) is 28.4 Å². The summed E-state index contributed by atoms with van der Waals surface area (Å²) < 4.78 is 23.1. The second-order valence-corrected chi connectivity index (χ2v) is 13.6. The van der Waals surface area contributed by atoms with Crippen LogP contribution in [0.2, 0.25) is 0 Å². The first-order valence-corrected chi connectivity index (χ1v) is 17.1. The number of allylic oxidation sites excluding steroid dienone is 2. The van der Waals surface area contributed by atoms with E-state index in [1.165, 1.54) is 11.8 Å². The summed E-state index contributed by atoms with van der Waals surface area (Å²) in [6.45, 7) is 1.57. The minimum absolute atomic E-state index is 0.0542. The highest BCUT2D eigenvalue weighted by Gasteiger charge is 2.82. The van der Waals surface area contributed by atoms with E-state index < -0.39 is 34.5 Å². The Hall–Kier alpha value is -6.48. The number of imide groups is 1. The molecule has 52 heavy (non-hydrogen) atoms. The monoisotopic (exact) mass is 687 g/mol. The van der Waals surface area contributed by atoms with Gasteiger partial charge in [-0.2, -0.15) is 0 Å². The highest BCUT2D eigenvalue weighted by molar-refractivity contribution is 6.39. The maximum absolute atomic E-state index is 16.2. The van der Waals surface area contributed by atoms with Gasteiger partial charge < -0.3 is 18.9 Å². The molecule has 2 aliphatic carbocycles. The molecule has 3 heterocycles. The average Bonchev–Trinajstić information content (AvgIpc) is 3.98. The van der Waals surface area contributed by atoms with E-state index >= 15 is 14.4 Å². The van der Waals surface area contributed by atoms with Crippen molar-refractivity contribution in [2.75, 3.05) is 18.5 Å². The second kappa shape index (κ2) is 10.8. The number of hydrogen-bond donors (Lipinski definition) is 0. The number of ether oxygens (including phenoxy) is 4. The second-order valence-electron chi connectivity index (χ2n) is 13.6. The van der Waals surface area contributed by atoms with Gasteiger partial charge in [-0.1, -0.05) is 72.8 Å². The van der Waals surface area contributed by atoms with E-state index in [0.717, 1.165) is 0 Å². The van der Waals surface area contributed by atoms with Crippen LogP contribution >= 0.6 is 0 Å². The summed E-state index contributed by atoms with van der Waals surface area (Å²) in [5, 5.41) is 0. The molecule has 5 aromatic rings. The minimum Gasteiger partial charge on any atom is -0.454 e. The Kier molecular flexibility index (Phi) is 6.28. The summed E-state index contributed by atoms with van der Waals surface area (Å²) in [4.78, 5) is 60.1. The van der Waals surface area contributed by atoms with E-state index in [9.17, 15) is 4.79 Å². The van der Waals surface area contributed by atoms with Crippen LogP contribution in [0.4, 0.5) is 5.69 Å². The Morgan fingerprint density at radius 3 is 1.46 bits per heavy atom. The zero-order chi connectivity index (χ0) is 35.4. The smallest absolute Gasteiger partial charge is 0.239 e. The lowest BCUT2D eigenvalue weighted by Crippen LogP contribution is -2.45. The van der Waals surface area contributed by atoms with Crippen LogP contribution in [0.25, 0.3) is 11.1 Å². The van der Waals surface area contributed by atoms with Gasteiger partial charge >= 0.3 is 0 Å². The van der Waals surface area contributed by atoms with Crippen molar-refractivity contribution in [1.29, 1.82) is 0 Å². The van der Waals surface area contributed by atoms with Crippen molar-refractivity contribution in [2.45, 2.75) is 17.8 Å². The number of benzene rings is 5. The molecule has 1 saturated carbocycles. The lowest BCUT2D eigenvalue weighted by molar-refractivity contribution is -0.130. The van der Waals surface area contributed by atoms with E-state index in [1.807, 2.05) is 97.1 Å². The molecule has 0 spiro atoms. The average molecular weight is 688 g/mol. The number of fused-ring (bicyclic) bond motifs is 7. The minimum atomic E-state index is -1.61. The van der Waals surface area contributed by atoms with Crippen molar-refractivity contribution in [3.8, 4) is 23.0 Å². The maximum atomic E-state index is 16.2. The predicted octanol–water partition coefficient (Wildman–Crippen LogP) is 6.54. The van der Waals surface area contributed by atoms with Crippen LogP contribution in [0.1, 0.15) is 39.5 Å². The predicted molar refractivity (Wildman–Crippen MR) is 189 cm³/mol. The fraction of sp³-hybridized carbons (Fsp3) is 0.163. The standard InChI is InChI=1S/C43H29NO8/c1-24(45)25-12-16-30(17-13-25)44-39(46)37-38(40(44)47)43(29-10-6-3-7-11-29)36(27-15-19-32-34(21-27)52-23-50-32)35(26-14-18-31-33(20-26)51-22-49-31)42(37,41(43)48)28-8-4-2-5-9-28/h2-21,37-38H,22-23H2,1H3/t37-,38+,42-,43-/m0/s1. The van der Waals surface area contributed by atoms with Crippen molar-refractivity contribution < 1.29 is 38.1 Å². The van der Waals surface area contributed by atoms with Crippen molar-refractivity contribution in [2.24, 2.45) is 11.8 Å². The molecule has 2 bridgehead atoms. The van der Waals surface area contributed by atoms with E-state index in [-0.39, 0.29) is 25.2 Å². The van der Waals surface area contributed by atoms with Crippen LogP contribution in [0.15, 0.2) is 121 Å². The summed E-state index contributed by atoms with van der Waals surface area (Å²) in [5.74, 6) is -1.40. The third-order valence-electron chi connectivity index (χ3n) is 11.3. The van der Waals surface area contributed by atoms with Gasteiger partial charge in [-0.05, 0) is 88.9 Å². The van der Waals surface area contributed by atoms with Crippen LogP contribution in [-0.4, -0.2) is 37.0 Å². The van der Waals surface area contributed by atoms with E-state index in [4.69, 9.17) is 18.9 Å². The van der Waals surface area contributed by atoms with Gasteiger partial charge in [-0.15, -0.1) is 0 Å². The molecule has 9 heteroatoms. The lowest BCUT2D eigenvalue weighted by Gasteiger charge is -2.39. The molecule has 1 saturated heterocycles. The number of anilines is 1. The molecule has 9 nitrogen and oxygen atoms in total. The van der Waals surface area contributed by atoms with Crippen LogP contribution in [0.5, 0.6) is 23.0 Å². The number of carbonyl (C=O) groups is 4. The van der Waals surface area contributed by atoms with Crippen LogP contribution in [0, 0.1) is 11.8 Å². The molecule has 2 amide bonds. The molecule has 3 aliphatic heterocycles. The number of Topliss-reactive ketones (excluding diaryl/α,β-unsaturated/α-hetero) is 2. The van der Waals surface area contributed by atoms with Crippen LogP contribution < -0.4 is 23.8 Å². The maximum Gasteiger partial charge on any atom is 0.239 e. The highest BCUT2D eigenvalue weighted by Crippen LogP contribution is 2.74. The molecular weight excluding hydrogens is 658 g/mol. The third-order valence-corrected chi connectivity index (χ3v) is 11.3. The van der Waals surface area contributed by atoms with E-state index in [2.05, 4.69) is 0 Å². The van der Waals surface area contributed by atoms with Crippen LogP contribution in [-0.2, 0) is 25.2 Å². The number of ketones is 2. The van der Waals surface area contributed by atoms with Gasteiger partial charge in [-0.3, -0.25) is 19.2 Å². The molecule has 0 N–H and O–H groups in total. The molecule has 2 fully saturated rings. The van der Waals surface area contributed by atoms with Crippen molar-refractivity contribution in [3.63, 3.8) is 0 Å². The molecule has 4 atom stereocenters. The van der Waals surface area contributed by atoms with Gasteiger partial charge in [0.15, 0.2) is 34.6 Å². The number of amides is 2. The molecule has 254 valence electrons. The Balaban J connectivity index is 1.34. The molecule has 5 aliphatic rings. The van der Waals surface area contributed by atoms with Crippen molar-refractivity contribution in [3.05, 3.63) is 149 Å². The third kappa shape index (κ3) is 3.72. The first-order chi connectivity index (χ1) is 25.4. The van der Waals surface area contributed by atoms with Gasteiger partial charge in [0.25, 0.3) is 0 Å². The summed E-state index contributed by atoms with van der Waals surface area (Å²) in [5.41, 5.74) is 1.33. The largest absolute Gasteiger partial charge is 0.454 e. The molecule has 10 rings (SSSR count). The number of carbonyl (C=O) groups excluding carboxylic acids is 4. The molecule has 5 aromatic carbocycles. The molecule has 0 radical (unpaired) electrons. The Bertz CT molecular complexity index is 2280. The van der Waals surface area contributed by atoms with Gasteiger partial charge in [0, 0.05) is 5.56 Å². The lowest BCUT2D eigenvalue weighted by atomic mass is 9.59. The van der Waals surface area contributed by atoms with Gasteiger partial charge in [-0.25, -0.2) is 4.90 Å². The summed E-state index contributed by atoms with van der Waals surface area (Å²) in [6.07, 6.45) is 0. The molecule has 0 unspecified atom stereocenters. The molecular formula is C43H29NO8. The van der Waals surface area contributed by atoms with Gasteiger partial charge in [0.1, 0.15) is 0 Å². The zero-order valence-electron chi connectivity index (χ0n) is 27.8. The highest BCUT2D eigenvalue weighted by atomic mass is 16.7. The normalized spacial score (nSPS) is 24.9. The topological polar surface area (TPSA) is 108 Å². The zero-order valence-corrected chi connectivity index (χ0v) is 27.8. The van der Waals surface area contributed by atoms with Gasteiger partial charge in [0.2, 0.25) is 25.4 Å². The van der Waals surface area contributed by atoms with Crippen molar-refractivity contribution in [1.82, 2.24) is 0 Å².